The fraction of sp³-hybridized carbons (Fsp3) is 0.182. The Hall–Kier alpha value is -3.54. The lowest BCUT2D eigenvalue weighted by Crippen LogP contribution is -2.00. The molecule has 6 nitrogen and oxygen atoms in total. The normalized spacial score (nSPS) is 11.4. The highest BCUT2D eigenvalue weighted by molar-refractivity contribution is 6.01. The summed E-state index contributed by atoms with van der Waals surface area (Å²) in [6, 6.07) is 9.29. The van der Waals surface area contributed by atoms with E-state index in [2.05, 4.69) is 0 Å². The summed E-state index contributed by atoms with van der Waals surface area (Å²) in [5, 5.41) is 0.811. The van der Waals surface area contributed by atoms with E-state index in [4.69, 9.17) is 14.2 Å². The first-order chi connectivity index (χ1) is 13.6. The van der Waals surface area contributed by atoms with Crippen LogP contribution in [0.25, 0.3) is 16.5 Å². The molecule has 0 radical (unpaired) electrons. The third-order valence-electron chi connectivity index (χ3n) is 4.69. The minimum atomic E-state index is 0.439. The SMILES string of the molecule is COc1ccc(/C(=C/C=O)c2ccc3c(c2)c(C=O)cn3C)c(OC)c1OC. The van der Waals surface area contributed by atoms with E-state index in [9.17, 15) is 9.59 Å². The molecule has 0 fully saturated rings. The van der Waals surface area contributed by atoms with Crippen molar-refractivity contribution in [1.82, 2.24) is 4.57 Å². The van der Waals surface area contributed by atoms with Crippen LogP contribution in [-0.2, 0) is 11.8 Å². The highest BCUT2D eigenvalue weighted by Crippen LogP contribution is 2.44. The molecule has 0 aliphatic carbocycles. The second kappa shape index (κ2) is 8.00. The number of hydrogen-bond acceptors (Lipinski definition) is 5. The van der Waals surface area contributed by atoms with Crippen LogP contribution in [0.4, 0.5) is 0 Å². The maximum atomic E-state index is 11.4. The maximum absolute atomic E-state index is 11.4. The maximum Gasteiger partial charge on any atom is 0.203 e. The molecule has 1 heterocycles. The first kappa shape index (κ1) is 19.2. The molecule has 2 aromatic carbocycles. The Bertz CT molecular complexity index is 1080. The molecular formula is C22H21NO5. The number of carbonyl (C=O) groups is 2. The minimum Gasteiger partial charge on any atom is -0.493 e. The van der Waals surface area contributed by atoms with Crippen molar-refractivity contribution in [3.8, 4) is 17.2 Å². The number of methoxy groups -OCH3 is 3. The zero-order valence-corrected chi connectivity index (χ0v) is 16.2. The van der Waals surface area contributed by atoms with Crippen molar-refractivity contribution in [3.05, 3.63) is 59.3 Å². The molecule has 1 aromatic heterocycles. The molecule has 3 aromatic rings. The summed E-state index contributed by atoms with van der Waals surface area (Å²) in [6.07, 6.45) is 4.80. The van der Waals surface area contributed by atoms with E-state index in [0.717, 1.165) is 29.0 Å². The van der Waals surface area contributed by atoms with E-state index < -0.39 is 0 Å². The van der Waals surface area contributed by atoms with Gasteiger partial charge in [0.1, 0.15) is 6.29 Å². The molecule has 3 rings (SSSR count). The van der Waals surface area contributed by atoms with E-state index in [0.29, 0.717) is 33.9 Å². The van der Waals surface area contributed by atoms with Gasteiger partial charge in [-0.2, -0.15) is 0 Å². The average Bonchev–Trinajstić information content (AvgIpc) is 3.05. The van der Waals surface area contributed by atoms with Crippen LogP contribution in [0.3, 0.4) is 0 Å². The molecule has 28 heavy (non-hydrogen) atoms. The van der Waals surface area contributed by atoms with E-state index in [1.807, 2.05) is 35.9 Å². The van der Waals surface area contributed by atoms with Crippen LogP contribution in [0.5, 0.6) is 17.2 Å². The Balaban J connectivity index is 2.26. The highest BCUT2D eigenvalue weighted by atomic mass is 16.5. The van der Waals surface area contributed by atoms with Gasteiger partial charge >= 0.3 is 0 Å². The van der Waals surface area contributed by atoms with Gasteiger partial charge in [-0.25, -0.2) is 0 Å². The number of ether oxygens (including phenoxy) is 3. The monoisotopic (exact) mass is 379 g/mol. The molecule has 0 saturated carbocycles. The first-order valence-corrected chi connectivity index (χ1v) is 8.59. The Kier molecular flexibility index (Phi) is 5.49. The molecule has 0 aliphatic heterocycles. The summed E-state index contributed by atoms with van der Waals surface area (Å²) in [7, 11) is 6.49. The van der Waals surface area contributed by atoms with Gasteiger partial charge in [0.2, 0.25) is 5.75 Å². The van der Waals surface area contributed by atoms with Gasteiger partial charge in [0.25, 0.3) is 0 Å². The number of carbonyl (C=O) groups excluding carboxylic acids is 2. The number of fused-ring (bicyclic) bond motifs is 1. The van der Waals surface area contributed by atoms with Crippen molar-refractivity contribution in [2.45, 2.75) is 0 Å². The summed E-state index contributed by atoms with van der Waals surface area (Å²) in [4.78, 5) is 22.8. The summed E-state index contributed by atoms with van der Waals surface area (Å²) >= 11 is 0. The third-order valence-corrected chi connectivity index (χ3v) is 4.69. The Labute approximate surface area is 162 Å². The Morgan fingerprint density at radius 3 is 2.32 bits per heavy atom. The number of benzene rings is 2. The minimum absolute atomic E-state index is 0.439. The Morgan fingerprint density at radius 1 is 0.964 bits per heavy atom. The van der Waals surface area contributed by atoms with Gasteiger partial charge in [-0.15, -0.1) is 0 Å². The van der Waals surface area contributed by atoms with Crippen molar-refractivity contribution in [1.29, 1.82) is 0 Å². The predicted octanol–water partition coefficient (Wildman–Crippen LogP) is 3.65. The number of allylic oxidation sites excluding steroid dienone is 1. The summed E-state index contributed by atoms with van der Waals surface area (Å²) < 4.78 is 18.3. The van der Waals surface area contributed by atoms with Crippen LogP contribution in [0, 0.1) is 0 Å². The first-order valence-electron chi connectivity index (χ1n) is 8.59. The van der Waals surface area contributed by atoms with Crippen LogP contribution >= 0.6 is 0 Å². The lowest BCUT2D eigenvalue weighted by molar-refractivity contribution is -0.104. The quantitative estimate of drug-likeness (QED) is 0.463. The van der Waals surface area contributed by atoms with Crippen molar-refractivity contribution >= 4 is 29.0 Å². The molecule has 0 atom stereocenters. The molecule has 144 valence electrons. The second-order valence-corrected chi connectivity index (χ2v) is 6.14. The van der Waals surface area contributed by atoms with Crippen LogP contribution in [0.2, 0.25) is 0 Å². The summed E-state index contributed by atoms with van der Waals surface area (Å²) in [6.45, 7) is 0. The number of hydrogen-bond donors (Lipinski definition) is 0. The highest BCUT2D eigenvalue weighted by Gasteiger charge is 2.20. The van der Waals surface area contributed by atoms with Gasteiger partial charge in [-0.3, -0.25) is 9.59 Å². The fourth-order valence-electron chi connectivity index (χ4n) is 3.41. The van der Waals surface area contributed by atoms with Gasteiger partial charge < -0.3 is 18.8 Å². The largest absolute Gasteiger partial charge is 0.493 e. The van der Waals surface area contributed by atoms with Crippen molar-refractivity contribution in [2.24, 2.45) is 7.05 Å². The fourth-order valence-corrected chi connectivity index (χ4v) is 3.41. The number of rotatable bonds is 7. The molecule has 0 spiro atoms. The van der Waals surface area contributed by atoms with Gasteiger partial charge in [-0.05, 0) is 41.5 Å². The van der Waals surface area contributed by atoms with Crippen molar-refractivity contribution in [3.63, 3.8) is 0 Å². The molecule has 0 amide bonds. The van der Waals surface area contributed by atoms with Gasteiger partial charge in [0, 0.05) is 35.3 Å². The lowest BCUT2D eigenvalue weighted by atomic mass is 9.95. The third kappa shape index (κ3) is 3.13. The second-order valence-electron chi connectivity index (χ2n) is 6.14. The van der Waals surface area contributed by atoms with Crippen LogP contribution in [-0.4, -0.2) is 38.5 Å². The zero-order valence-electron chi connectivity index (χ0n) is 16.2. The number of aryl methyl sites for hydroxylation is 1. The molecule has 0 N–H and O–H groups in total. The van der Waals surface area contributed by atoms with Crippen LogP contribution < -0.4 is 14.2 Å². The van der Waals surface area contributed by atoms with Gasteiger partial charge in [-0.1, -0.05) is 6.07 Å². The molecule has 0 bridgehead atoms. The van der Waals surface area contributed by atoms with E-state index in [1.54, 1.807) is 19.4 Å². The smallest absolute Gasteiger partial charge is 0.203 e. The summed E-state index contributed by atoms with van der Waals surface area (Å²) in [5.41, 5.74) is 3.62. The molecular weight excluding hydrogens is 358 g/mol. The van der Waals surface area contributed by atoms with E-state index in [-0.39, 0.29) is 0 Å². The van der Waals surface area contributed by atoms with Crippen LogP contribution in [0.15, 0.2) is 42.6 Å². The van der Waals surface area contributed by atoms with Crippen molar-refractivity contribution < 1.29 is 23.8 Å². The average molecular weight is 379 g/mol. The predicted molar refractivity (Wildman–Crippen MR) is 108 cm³/mol. The zero-order chi connectivity index (χ0) is 20.3. The number of aldehydes is 2. The van der Waals surface area contributed by atoms with E-state index >= 15 is 0 Å². The Morgan fingerprint density at radius 2 is 1.71 bits per heavy atom. The van der Waals surface area contributed by atoms with Gasteiger partial charge in [0.15, 0.2) is 17.8 Å². The topological polar surface area (TPSA) is 66.8 Å². The molecule has 0 saturated heterocycles. The van der Waals surface area contributed by atoms with E-state index in [1.165, 1.54) is 20.3 Å². The van der Waals surface area contributed by atoms with Crippen molar-refractivity contribution in [2.75, 3.05) is 21.3 Å². The molecule has 0 unspecified atom stereocenters. The number of aromatic nitrogens is 1. The lowest BCUT2D eigenvalue weighted by Gasteiger charge is -2.17. The summed E-state index contributed by atoms with van der Waals surface area (Å²) in [5.74, 6) is 1.42. The van der Waals surface area contributed by atoms with Gasteiger partial charge in [0.05, 0.1) is 21.3 Å². The molecule has 0 aliphatic rings. The van der Waals surface area contributed by atoms with Crippen LogP contribution in [0.1, 0.15) is 21.5 Å². The molecule has 6 heteroatoms. The standard InChI is InChI=1S/C22H21NO5/c1-23-12-15(13-25)18-11-14(5-7-19(18)23)16(9-10-24)17-6-8-20(26-2)22(28-4)21(17)27-3/h5-13H,1-4H3/b16-9+. The number of nitrogens with zero attached hydrogens (tertiary/aromatic N) is 1.